The minimum Gasteiger partial charge on any atom is -0.105 e. The Kier molecular flexibility index (Phi) is 10.3. The van der Waals surface area contributed by atoms with Gasteiger partial charge in [0.05, 0.1) is 0 Å². The number of hydrogen-bond donors (Lipinski definition) is 0. The van der Waals surface area contributed by atoms with E-state index in [9.17, 15) is 0 Å². The predicted octanol–water partition coefficient (Wildman–Crippen LogP) is 7.13. The molecule has 2 heteroatoms. The summed E-state index contributed by atoms with van der Waals surface area (Å²) in [5, 5.41) is 0. The second-order valence-corrected chi connectivity index (χ2v) is 14.2. The molecule has 0 aliphatic heterocycles. The van der Waals surface area contributed by atoms with Crippen molar-refractivity contribution in [1.82, 2.24) is 0 Å². The zero-order chi connectivity index (χ0) is 22.5. The van der Waals surface area contributed by atoms with Gasteiger partial charge in [0, 0.05) is 0 Å². The van der Waals surface area contributed by atoms with Crippen molar-refractivity contribution in [2.45, 2.75) is 27.7 Å². The summed E-state index contributed by atoms with van der Waals surface area (Å²) in [7, 11) is -0.104. The highest BCUT2D eigenvalue weighted by Crippen LogP contribution is 2.55. The predicted molar refractivity (Wildman–Crippen MR) is 143 cm³/mol. The van der Waals surface area contributed by atoms with Gasteiger partial charge in [0.15, 0.2) is 0 Å². The lowest BCUT2D eigenvalue weighted by Gasteiger charge is -2.31. The quantitative estimate of drug-likeness (QED) is 0.289. The van der Waals surface area contributed by atoms with Crippen LogP contribution in [0.4, 0.5) is 0 Å². The Morgan fingerprint density at radius 3 is 0.844 bits per heavy atom. The topological polar surface area (TPSA) is 0 Å². The number of rotatable bonds is 11. The molecule has 0 atom stereocenters. The van der Waals surface area contributed by atoms with Crippen LogP contribution in [0.3, 0.4) is 0 Å². The minimum absolute atomic E-state index is 0.0522. The van der Waals surface area contributed by atoms with Crippen molar-refractivity contribution in [2.24, 2.45) is 0 Å². The Balaban J connectivity index is 1.37. The largest absolute Gasteiger partial charge is 0.105 e. The fourth-order valence-electron chi connectivity index (χ4n) is 4.57. The zero-order valence-corrected chi connectivity index (χ0v) is 21.9. The van der Waals surface area contributed by atoms with Crippen molar-refractivity contribution in [1.29, 1.82) is 0 Å². The molecule has 0 aromatic carbocycles. The molecule has 4 fully saturated rings. The fraction of sp³-hybridized carbons (Fsp3) is 0.333. The van der Waals surface area contributed by atoms with E-state index in [0.717, 1.165) is 0 Å². The SMILES string of the molecule is C[C]1[CH][CH][CH][C]1CP(CCP(C[C]1[CH][CH][CH][C]1C)C[C]1[CH][CH][CH][C]1C)C[C]1[CH][CH][CH][C]1C. The normalized spacial score (nSPS) is 26.8. The Morgan fingerprint density at radius 2 is 0.656 bits per heavy atom. The lowest BCUT2D eigenvalue weighted by molar-refractivity contribution is 1.05. The molecule has 0 N–H and O–H groups in total. The molecule has 0 aromatic rings. The maximum Gasteiger partial charge on any atom is -0.00937 e. The van der Waals surface area contributed by atoms with E-state index in [0.29, 0.717) is 0 Å². The van der Waals surface area contributed by atoms with E-state index < -0.39 is 0 Å². The Hall–Kier alpha value is 0.860. The minimum atomic E-state index is -0.0522. The van der Waals surface area contributed by atoms with E-state index in [2.05, 4.69) is 105 Å². The fourth-order valence-corrected chi connectivity index (χ4v) is 11.0. The molecule has 0 aromatic heterocycles. The summed E-state index contributed by atoms with van der Waals surface area (Å²) in [4.78, 5) is 0. The smallest absolute Gasteiger partial charge is 0.00937 e. The summed E-state index contributed by atoms with van der Waals surface area (Å²) >= 11 is 0. The Bertz CT molecular complexity index is 455. The van der Waals surface area contributed by atoms with Gasteiger partial charge in [-0.1, -0.05) is 27.7 Å². The van der Waals surface area contributed by atoms with Crippen LogP contribution in [0.25, 0.3) is 0 Å². The first-order valence-electron chi connectivity index (χ1n) is 11.8. The van der Waals surface area contributed by atoms with Gasteiger partial charge in [0.25, 0.3) is 0 Å². The maximum absolute atomic E-state index is 2.35. The standard InChI is InChI=1S/C30H36P2/c1-23-9-5-13-27(23)19-31(20-28-14-6-10-24(28)2)17-18-32(21-29-15-7-11-25(29)3)22-30-16-8-12-26(30)4/h5-16H,17-22H2,1-4H3. The van der Waals surface area contributed by atoms with Crippen LogP contribution in [0.15, 0.2) is 0 Å². The van der Waals surface area contributed by atoms with Crippen molar-refractivity contribution >= 4 is 15.8 Å². The molecule has 32 heavy (non-hydrogen) atoms. The van der Waals surface area contributed by atoms with Crippen LogP contribution in [-0.4, -0.2) is 37.0 Å². The Labute approximate surface area is 204 Å². The molecule has 4 aliphatic rings. The molecule has 0 saturated heterocycles. The van der Waals surface area contributed by atoms with Crippen LogP contribution in [0.5, 0.6) is 0 Å². The van der Waals surface area contributed by atoms with E-state index >= 15 is 0 Å². The molecule has 4 saturated carbocycles. The molecule has 0 bridgehead atoms. The first-order valence-corrected chi connectivity index (χ1v) is 15.6. The van der Waals surface area contributed by atoms with Crippen LogP contribution in [0.2, 0.25) is 0 Å². The number of hydrogen-bond acceptors (Lipinski definition) is 0. The highest BCUT2D eigenvalue weighted by molar-refractivity contribution is 7.62. The Morgan fingerprint density at radius 1 is 0.406 bits per heavy atom. The average Bonchev–Trinajstić information content (AvgIpc) is 3.55. The first kappa shape index (κ1) is 25.9. The van der Waals surface area contributed by atoms with Gasteiger partial charge in [-0.05, 0) is 161 Å². The molecule has 4 rings (SSSR count). The second-order valence-electron chi connectivity index (χ2n) is 9.36. The van der Waals surface area contributed by atoms with E-state index in [4.69, 9.17) is 0 Å². The van der Waals surface area contributed by atoms with Crippen LogP contribution < -0.4 is 0 Å². The van der Waals surface area contributed by atoms with Gasteiger partial charge >= 0.3 is 0 Å². The van der Waals surface area contributed by atoms with Crippen molar-refractivity contribution in [2.75, 3.05) is 37.0 Å². The highest BCUT2D eigenvalue weighted by atomic mass is 31.1. The van der Waals surface area contributed by atoms with Crippen LogP contribution in [0.1, 0.15) is 27.7 Å². The molecule has 166 valence electrons. The van der Waals surface area contributed by atoms with Crippen molar-refractivity contribution in [3.63, 3.8) is 0 Å². The highest BCUT2D eigenvalue weighted by Gasteiger charge is 2.35. The van der Waals surface area contributed by atoms with E-state index in [1.54, 1.807) is 23.7 Å². The summed E-state index contributed by atoms with van der Waals surface area (Å²) in [6.07, 6.45) is 35.3. The third-order valence-electron chi connectivity index (χ3n) is 6.91. The lowest BCUT2D eigenvalue weighted by atomic mass is 10.0. The van der Waals surface area contributed by atoms with Gasteiger partial charge in [-0.3, -0.25) is 0 Å². The monoisotopic (exact) mass is 458 g/mol. The third-order valence-corrected chi connectivity index (χ3v) is 12.1. The molecule has 0 unspecified atom stereocenters. The van der Waals surface area contributed by atoms with Crippen LogP contribution >= 0.6 is 15.8 Å². The molecule has 0 heterocycles. The average molecular weight is 459 g/mol. The van der Waals surface area contributed by atoms with Crippen molar-refractivity contribution in [3.8, 4) is 0 Å². The van der Waals surface area contributed by atoms with E-state index in [-0.39, 0.29) is 15.8 Å². The van der Waals surface area contributed by atoms with Crippen molar-refractivity contribution < 1.29 is 0 Å². The van der Waals surface area contributed by atoms with Gasteiger partial charge < -0.3 is 0 Å². The molecule has 20 radical (unpaired) electrons. The molecule has 0 spiro atoms. The maximum atomic E-state index is 2.35. The molecule has 0 amide bonds. The molecule has 0 nitrogen and oxygen atoms in total. The summed E-state index contributed by atoms with van der Waals surface area (Å²) in [5.74, 6) is 12.2. The molecular formula is C30H36P2. The van der Waals surface area contributed by atoms with Gasteiger partial charge in [-0.15, -0.1) is 15.8 Å². The molecular weight excluding hydrogens is 422 g/mol. The van der Waals surface area contributed by atoms with E-state index in [1.807, 2.05) is 0 Å². The van der Waals surface area contributed by atoms with Gasteiger partial charge in [0.2, 0.25) is 0 Å². The van der Waals surface area contributed by atoms with Gasteiger partial charge in [-0.2, -0.15) is 0 Å². The summed E-state index contributed by atoms with van der Waals surface area (Å²) in [6, 6.07) is 0. The summed E-state index contributed by atoms with van der Waals surface area (Å²) in [6.45, 7) is 9.11. The molecule has 4 aliphatic carbocycles. The summed E-state index contributed by atoms with van der Waals surface area (Å²) < 4.78 is 0. The third kappa shape index (κ3) is 7.19. The second kappa shape index (κ2) is 12.7. The van der Waals surface area contributed by atoms with Crippen LogP contribution in [0, 0.1) is 124 Å². The van der Waals surface area contributed by atoms with Gasteiger partial charge in [-0.25, -0.2) is 0 Å². The lowest BCUT2D eigenvalue weighted by Crippen LogP contribution is -2.16. The van der Waals surface area contributed by atoms with Crippen LogP contribution in [-0.2, 0) is 0 Å². The van der Waals surface area contributed by atoms with Crippen molar-refractivity contribution in [3.05, 3.63) is 124 Å². The zero-order valence-electron chi connectivity index (χ0n) is 20.1. The first-order chi connectivity index (χ1) is 15.5. The summed E-state index contributed by atoms with van der Waals surface area (Å²) in [5.41, 5.74) is 0. The van der Waals surface area contributed by atoms with E-state index in [1.165, 1.54) is 60.6 Å². The van der Waals surface area contributed by atoms with Gasteiger partial charge in [0.1, 0.15) is 0 Å².